The SMILES string of the molecule is CCC(CO)(CO)CO.O=C(O)C1CC2C=CC1C2.O=C(O)C1CC2C=CC1C2.O=C(O)C1CC2C=CC1C2. The van der Waals surface area contributed by atoms with Crippen molar-refractivity contribution in [3.05, 3.63) is 36.5 Å². The molecule has 6 bridgehead atoms. The summed E-state index contributed by atoms with van der Waals surface area (Å²) in [6.45, 7) is 1.35. The van der Waals surface area contributed by atoms with Gasteiger partial charge < -0.3 is 30.6 Å². The number of carboxylic acids is 3. The Labute approximate surface area is 229 Å². The zero-order valence-electron chi connectivity index (χ0n) is 22.6. The molecule has 0 aliphatic heterocycles. The van der Waals surface area contributed by atoms with Crippen molar-refractivity contribution in [1.82, 2.24) is 0 Å². The molecule has 0 aromatic heterocycles. The highest BCUT2D eigenvalue weighted by Gasteiger charge is 2.41. The molecular formula is C30H44O9. The van der Waals surface area contributed by atoms with Gasteiger partial charge in [-0.2, -0.15) is 0 Å². The first kappa shape index (κ1) is 31.0. The van der Waals surface area contributed by atoms with Gasteiger partial charge in [0.15, 0.2) is 0 Å². The Kier molecular flexibility index (Phi) is 10.9. The van der Waals surface area contributed by atoms with E-state index in [0.717, 1.165) is 38.5 Å². The minimum absolute atomic E-state index is 0.0741. The van der Waals surface area contributed by atoms with Crippen LogP contribution in [0.25, 0.3) is 0 Å². The van der Waals surface area contributed by atoms with E-state index in [1.54, 1.807) is 0 Å². The molecule has 218 valence electrons. The molecule has 39 heavy (non-hydrogen) atoms. The fraction of sp³-hybridized carbons (Fsp3) is 0.700. The van der Waals surface area contributed by atoms with Crippen molar-refractivity contribution in [3.63, 3.8) is 0 Å². The summed E-state index contributed by atoms with van der Waals surface area (Å²) < 4.78 is 0. The molecule has 0 radical (unpaired) electrons. The first-order chi connectivity index (χ1) is 18.6. The van der Waals surface area contributed by atoms with Crippen LogP contribution in [0.2, 0.25) is 0 Å². The Morgan fingerprint density at radius 3 is 0.923 bits per heavy atom. The van der Waals surface area contributed by atoms with Gasteiger partial charge in [-0.05, 0) is 80.5 Å². The van der Waals surface area contributed by atoms with E-state index in [4.69, 9.17) is 30.6 Å². The van der Waals surface area contributed by atoms with Gasteiger partial charge in [-0.3, -0.25) is 14.4 Å². The second-order valence-electron chi connectivity index (χ2n) is 12.0. The van der Waals surface area contributed by atoms with Crippen LogP contribution < -0.4 is 0 Å². The van der Waals surface area contributed by atoms with Crippen LogP contribution in [-0.2, 0) is 14.4 Å². The molecule has 3 fully saturated rings. The molecule has 9 nitrogen and oxygen atoms in total. The number of rotatable bonds is 7. The predicted octanol–water partition coefficient (Wildman–Crippen LogP) is 3.21. The average Bonchev–Trinajstić information content (AvgIpc) is 3.79. The number of carbonyl (C=O) groups is 3. The molecule has 6 aliphatic rings. The molecule has 6 rings (SSSR count). The van der Waals surface area contributed by atoms with Gasteiger partial charge in [0.1, 0.15) is 0 Å². The summed E-state index contributed by atoms with van der Waals surface area (Å²) in [7, 11) is 0. The molecule has 0 saturated heterocycles. The lowest BCUT2D eigenvalue weighted by Crippen LogP contribution is -2.32. The minimum atomic E-state index is -0.667. The summed E-state index contributed by atoms with van der Waals surface area (Å²) in [5.74, 6) is 0.710. The molecule has 0 aromatic carbocycles. The summed E-state index contributed by atoms with van der Waals surface area (Å²) in [4.78, 5) is 31.7. The van der Waals surface area contributed by atoms with Crippen molar-refractivity contribution < 1.29 is 45.0 Å². The van der Waals surface area contributed by atoms with Crippen molar-refractivity contribution in [2.24, 2.45) is 58.7 Å². The van der Waals surface area contributed by atoms with Crippen LogP contribution >= 0.6 is 0 Å². The van der Waals surface area contributed by atoms with Crippen LogP contribution in [0.3, 0.4) is 0 Å². The number of allylic oxidation sites excluding steroid dienone is 6. The molecule has 0 amide bonds. The van der Waals surface area contributed by atoms with Crippen LogP contribution in [-0.4, -0.2) is 68.4 Å². The third-order valence-electron chi connectivity index (χ3n) is 9.54. The lowest BCUT2D eigenvalue weighted by Gasteiger charge is -2.24. The van der Waals surface area contributed by atoms with Gasteiger partial charge in [0.25, 0.3) is 0 Å². The zero-order valence-corrected chi connectivity index (χ0v) is 22.6. The molecule has 3 saturated carbocycles. The van der Waals surface area contributed by atoms with Crippen LogP contribution in [0.15, 0.2) is 36.5 Å². The Morgan fingerprint density at radius 1 is 0.564 bits per heavy atom. The summed E-state index contributed by atoms with van der Waals surface area (Å²) >= 11 is 0. The first-order valence-electron chi connectivity index (χ1n) is 14.1. The smallest absolute Gasteiger partial charge is 0.307 e. The standard InChI is InChI=1S/3C8H10O2.C6H14O3/c3*9-8(10)7-4-5-1-2-6(7)3-5;1-2-6(3-7,4-8)5-9/h3*1-2,5-7H,3-4H2,(H,9,10);7-9H,2-5H2,1H3. The molecule has 6 N–H and O–H groups in total. The number of aliphatic hydroxyl groups excluding tert-OH is 3. The maximum atomic E-state index is 10.6. The molecule has 0 spiro atoms. The molecule has 9 heteroatoms. The Balaban J connectivity index is 0.000000144. The number of aliphatic carboxylic acids is 3. The predicted molar refractivity (Wildman–Crippen MR) is 143 cm³/mol. The van der Waals surface area contributed by atoms with E-state index in [-0.39, 0.29) is 37.6 Å². The summed E-state index contributed by atoms with van der Waals surface area (Å²) in [6.07, 6.45) is 19.1. The molecule has 9 unspecified atom stereocenters. The number of carboxylic acid groups (broad SMARTS) is 3. The van der Waals surface area contributed by atoms with Crippen molar-refractivity contribution in [3.8, 4) is 0 Å². The zero-order chi connectivity index (χ0) is 28.7. The molecule has 9 atom stereocenters. The summed E-state index contributed by atoms with van der Waals surface area (Å²) in [5, 5.41) is 52.1. The van der Waals surface area contributed by atoms with Crippen molar-refractivity contribution in [2.75, 3.05) is 19.8 Å². The fourth-order valence-corrected chi connectivity index (χ4v) is 6.68. The van der Waals surface area contributed by atoms with Gasteiger partial charge in [-0.25, -0.2) is 0 Å². The van der Waals surface area contributed by atoms with Gasteiger partial charge in [0.2, 0.25) is 0 Å². The maximum absolute atomic E-state index is 10.6. The Morgan fingerprint density at radius 2 is 0.846 bits per heavy atom. The van der Waals surface area contributed by atoms with E-state index in [2.05, 4.69) is 36.5 Å². The van der Waals surface area contributed by atoms with Crippen LogP contribution in [0.5, 0.6) is 0 Å². The third kappa shape index (κ3) is 7.58. The number of fused-ring (bicyclic) bond motifs is 6. The van der Waals surface area contributed by atoms with Gasteiger partial charge in [0, 0.05) is 5.41 Å². The molecular weight excluding hydrogens is 504 g/mol. The Hall–Kier alpha value is -2.49. The van der Waals surface area contributed by atoms with Gasteiger partial charge in [0.05, 0.1) is 37.6 Å². The van der Waals surface area contributed by atoms with Crippen molar-refractivity contribution in [1.29, 1.82) is 0 Å². The molecule has 6 aliphatic carbocycles. The lowest BCUT2D eigenvalue weighted by molar-refractivity contribution is -0.143. The van der Waals surface area contributed by atoms with Crippen LogP contribution in [0.1, 0.15) is 51.9 Å². The number of aliphatic hydroxyl groups is 3. The highest BCUT2D eigenvalue weighted by molar-refractivity contribution is 5.72. The normalized spacial score (nSPS) is 35.5. The first-order valence-corrected chi connectivity index (χ1v) is 14.1. The van der Waals surface area contributed by atoms with E-state index < -0.39 is 23.3 Å². The third-order valence-corrected chi connectivity index (χ3v) is 9.54. The lowest BCUT2D eigenvalue weighted by atomic mass is 9.88. The van der Waals surface area contributed by atoms with Crippen LogP contribution in [0, 0.1) is 58.7 Å². The van der Waals surface area contributed by atoms with Crippen molar-refractivity contribution >= 4 is 17.9 Å². The van der Waals surface area contributed by atoms with Gasteiger partial charge in [-0.15, -0.1) is 0 Å². The van der Waals surface area contributed by atoms with Gasteiger partial charge in [-0.1, -0.05) is 43.4 Å². The molecule has 0 heterocycles. The van der Waals surface area contributed by atoms with Crippen molar-refractivity contribution in [2.45, 2.75) is 51.9 Å². The maximum Gasteiger partial charge on any atom is 0.307 e. The second-order valence-corrected chi connectivity index (χ2v) is 12.0. The van der Waals surface area contributed by atoms with Crippen LogP contribution in [0.4, 0.5) is 0 Å². The summed E-state index contributed by atoms with van der Waals surface area (Å²) in [5.41, 5.74) is -0.667. The highest BCUT2D eigenvalue weighted by atomic mass is 16.4. The second kappa shape index (κ2) is 13.7. The monoisotopic (exact) mass is 548 g/mol. The highest BCUT2D eigenvalue weighted by Crippen LogP contribution is 2.44. The van der Waals surface area contributed by atoms with E-state index in [1.807, 2.05) is 6.92 Å². The average molecular weight is 549 g/mol. The quantitative estimate of drug-likeness (QED) is 0.261. The topological polar surface area (TPSA) is 173 Å². The van der Waals surface area contributed by atoms with Gasteiger partial charge >= 0.3 is 17.9 Å². The van der Waals surface area contributed by atoms with E-state index >= 15 is 0 Å². The molecule has 0 aromatic rings. The Bertz CT molecular complexity index is 828. The van der Waals surface area contributed by atoms with E-state index in [1.165, 1.54) is 0 Å². The van der Waals surface area contributed by atoms with E-state index in [0.29, 0.717) is 41.9 Å². The van der Waals surface area contributed by atoms with E-state index in [9.17, 15) is 14.4 Å². The minimum Gasteiger partial charge on any atom is -0.481 e. The number of hydrogen-bond donors (Lipinski definition) is 6. The largest absolute Gasteiger partial charge is 0.481 e. The fourth-order valence-electron chi connectivity index (χ4n) is 6.68. The summed E-state index contributed by atoms with van der Waals surface area (Å²) in [6, 6.07) is 0. The number of hydrogen-bond acceptors (Lipinski definition) is 6.